The van der Waals surface area contributed by atoms with Crippen molar-refractivity contribution in [3.05, 3.63) is 58.6 Å². The number of rotatable bonds is 11. The number of carbonyl (C=O) groups excluding carboxylic acids is 1. The summed E-state index contributed by atoms with van der Waals surface area (Å²) in [5.74, 6) is 0.550. The summed E-state index contributed by atoms with van der Waals surface area (Å²) >= 11 is 3.40. The fourth-order valence-electron chi connectivity index (χ4n) is 3.53. The predicted molar refractivity (Wildman–Crippen MR) is 144 cm³/mol. The summed E-state index contributed by atoms with van der Waals surface area (Å²) in [6.07, 6.45) is -1.60. The third kappa shape index (κ3) is 9.38. The summed E-state index contributed by atoms with van der Waals surface area (Å²) in [4.78, 5) is 12.7. The Balaban J connectivity index is 2.33. The van der Waals surface area contributed by atoms with Crippen LogP contribution < -0.4 is 10.1 Å². The van der Waals surface area contributed by atoms with E-state index in [2.05, 4.69) is 21.2 Å². The van der Waals surface area contributed by atoms with E-state index >= 15 is 0 Å². The minimum atomic E-state index is -3.92. The zero-order valence-electron chi connectivity index (χ0n) is 21.7. The summed E-state index contributed by atoms with van der Waals surface area (Å²) in [5, 5.41) is 14.0. The van der Waals surface area contributed by atoms with E-state index in [1.807, 2.05) is 38.1 Å². The number of aliphatic hydroxyl groups excluding tert-OH is 1. The van der Waals surface area contributed by atoms with Crippen LogP contribution in [0.25, 0.3) is 0 Å². The molecule has 0 aliphatic heterocycles. The zero-order valence-corrected chi connectivity index (χ0v) is 24.1. The molecule has 36 heavy (non-hydrogen) atoms. The van der Waals surface area contributed by atoms with Crippen LogP contribution in [-0.2, 0) is 21.2 Å². The lowest BCUT2D eigenvalue weighted by Crippen LogP contribution is -2.51. The van der Waals surface area contributed by atoms with E-state index in [1.54, 1.807) is 32.9 Å². The Bertz CT molecular complexity index is 1080. The number of halogens is 1. The van der Waals surface area contributed by atoms with Crippen LogP contribution in [0.15, 0.2) is 57.9 Å². The van der Waals surface area contributed by atoms with Crippen molar-refractivity contribution < 1.29 is 27.8 Å². The fourth-order valence-corrected chi connectivity index (χ4v) is 5.41. The number of carbonyl (C=O) groups is 1. The molecule has 2 aromatic carbocycles. The van der Waals surface area contributed by atoms with Crippen molar-refractivity contribution in [2.24, 2.45) is 5.92 Å². The summed E-state index contributed by atoms with van der Waals surface area (Å²) in [6.45, 7) is 9.05. The Labute approximate surface area is 223 Å². The van der Waals surface area contributed by atoms with E-state index < -0.39 is 33.9 Å². The maximum Gasteiger partial charge on any atom is 0.407 e. The molecule has 10 heteroatoms. The zero-order chi connectivity index (χ0) is 27.1. The highest BCUT2D eigenvalue weighted by atomic mass is 79.9. The number of sulfonamides is 1. The molecule has 0 saturated heterocycles. The van der Waals surface area contributed by atoms with Gasteiger partial charge in [0, 0.05) is 17.6 Å². The molecule has 2 atom stereocenters. The monoisotopic (exact) mass is 584 g/mol. The van der Waals surface area contributed by atoms with Gasteiger partial charge in [-0.05, 0) is 75.1 Å². The third-order valence-corrected chi connectivity index (χ3v) is 7.57. The number of nitrogens with one attached hydrogen (secondary N) is 1. The van der Waals surface area contributed by atoms with Crippen LogP contribution in [0.3, 0.4) is 0 Å². The average Bonchev–Trinajstić information content (AvgIpc) is 2.78. The van der Waals surface area contributed by atoms with Crippen molar-refractivity contribution in [2.45, 2.75) is 63.7 Å². The van der Waals surface area contributed by atoms with Crippen LogP contribution in [-0.4, -0.2) is 61.9 Å². The predicted octanol–water partition coefficient (Wildman–Crippen LogP) is 4.60. The first-order valence-electron chi connectivity index (χ1n) is 11.8. The normalized spacial score (nSPS) is 13.9. The minimum absolute atomic E-state index is 0.00830. The SMILES string of the molecule is COc1ccc(S(=O)(=O)N(CC(C)C)C[C@@H](O)[C@H](Cc2ccc(Br)cc2)NC(=O)OC(C)(C)C)cc1. The quantitative estimate of drug-likeness (QED) is 0.400. The molecule has 0 aliphatic rings. The van der Waals surface area contributed by atoms with Gasteiger partial charge in [-0.2, -0.15) is 4.31 Å². The molecule has 0 aliphatic carbocycles. The highest BCUT2D eigenvalue weighted by Gasteiger charge is 2.32. The van der Waals surface area contributed by atoms with Gasteiger partial charge in [-0.25, -0.2) is 13.2 Å². The number of ether oxygens (including phenoxy) is 2. The molecule has 1 amide bonds. The van der Waals surface area contributed by atoms with Crippen molar-refractivity contribution >= 4 is 32.0 Å². The summed E-state index contributed by atoms with van der Waals surface area (Å²) in [6, 6.07) is 12.8. The molecule has 0 aromatic heterocycles. The molecule has 0 unspecified atom stereocenters. The molecule has 0 fully saturated rings. The standard InChI is InChI=1S/C26H37BrN2O6S/c1-18(2)16-29(36(32,33)22-13-11-21(34-6)12-14-22)17-24(30)23(28-25(31)35-26(3,4)5)15-19-7-9-20(27)10-8-19/h7-14,18,23-24,30H,15-17H2,1-6H3,(H,28,31)/t23-,24+/m0/s1. The Hall–Kier alpha value is -2.14. The molecule has 200 valence electrons. The van der Waals surface area contributed by atoms with Crippen molar-refractivity contribution in [2.75, 3.05) is 20.2 Å². The number of aliphatic hydroxyl groups is 1. The Morgan fingerprint density at radius 1 is 1.06 bits per heavy atom. The van der Waals surface area contributed by atoms with Crippen LogP contribution in [0.2, 0.25) is 0 Å². The van der Waals surface area contributed by atoms with Gasteiger partial charge in [0.1, 0.15) is 11.4 Å². The first-order valence-corrected chi connectivity index (χ1v) is 14.0. The summed E-state index contributed by atoms with van der Waals surface area (Å²) < 4.78 is 39.7. The summed E-state index contributed by atoms with van der Waals surface area (Å²) in [7, 11) is -2.41. The number of amides is 1. The number of nitrogens with zero attached hydrogens (tertiary/aromatic N) is 1. The van der Waals surface area contributed by atoms with Crippen LogP contribution in [0.5, 0.6) is 5.75 Å². The molecule has 0 heterocycles. The molecule has 2 aromatic rings. The molecule has 2 rings (SSSR count). The highest BCUT2D eigenvalue weighted by molar-refractivity contribution is 9.10. The molecule has 0 radical (unpaired) electrons. The van der Waals surface area contributed by atoms with Gasteiger partial charge in [-0.3, -0.25) is 0 Å². The van der Waals surface area contributed by atoms with Gasteiger partial charge < -0.3 is 19.9 Å². The second kappa shape index (κ2) is 12.9. The Morgan fingerprint density at radius 3 is 2.14 bits per heavy atom. The van der Waals surface area contributed by atoms with Crippen molar-refractivity contribution in [3.63, 3.8) is 0 Å². The van der Waals surface area contributed by atoms with Crippen molar-refractivity contribution in [1.29, 1.82) is 0 Å². The minimum Gasteiger partial charge on any atom is -0.497 e. The largest absolute Gasteiger partial charge is 0.497 e. The van der Waals surface area contributed by atoms with Gasteiger partial charge in [0.25, 0.3) is 0 Å². The third-order valence-electron chi connectivity index (χ3n) is 5.19. The van der Waals surface area contributed by atoms with Gasteiger partial charge >= 0.3 is 6.09 Å². The average molecular weight is 586 g/mol. The van der Waals surface area contributed by atoms with Crippen LogP contribution in [0, 0.1) is 5.92 Å². The number of alkyl carbamates (subject to hydrolysis) is 1. The Morgan fingerprint density at radius 2 is 1.64 bits per heavy atom. The highest BCUT2D eigenvalue weighted by Crippen LogP contribution is 2.22. The van der Waals surface area contributed by atoms with Crippen molar-refractivity contribution in [1.82, 2.24) is 9.62 Å². The van der Waals surface area contributed by atoms with Gasteiger partial charge in [0.15, 0.2) is 0 Å². The van der Waals surface area contributed by atoms with Crippen LogP contribution >= 0.6 is 15.9 Å². The molecule has 0 saturated carbocycles. The molecule has 2 N–H and O–H groups in total. The molecule has 8 nitrogen and oxygen atoms in total. The first-order chi connectivity index (χ1) is 16.7. The van der Waals surface area contributed by atoms with Gasteiger partial charge in [-0.15, -0.1) is 0 Å². The second-order valence-electron chi connectivity index (χ2n) is 10.0. The molecular weight excluding hydrogens is 548 g/mol. The molecule has 0 spiro atoms. The van der Waals surface area contributed by atoms with E-state index in [4.69, 9.17) is 9.47 Å². The summed E-state index contributed by atoms with van der Waals surface area (Å²) in [5.41, 5.74) is 0.144. The van der Waals surface area contributed by atoms with Crippen LogP contribution in [0.4, 0.5) is 4.79 Å². The lowest BCUT2D eigenvalue weighted by molar-refractivity contribution is 0.0400. The second-order valence-corrected chi connectivity index (χ2v) is 12.9. The lowest BCUT2D eigenvalue weighted by Gasteiger charge is -2.31. The lowest BCUT2D eigenvalue weighted by atomic mass is 10.0. The maximum atomic E-state index is 13.5. The van der Waals surface area contributed by atoms with E-state index in [0.29, 0.717) is 5.75 Å². The van der Waals surface area contributed by atoms with E-state index in [9.17, 15) is 18.3 Å². The van der Waals surface area contributed by atoms with E-state index in [-0.39, 0.29) is 30.3 Å². The van der Waals surface area contributed by atoms with Crippen molar-refractivity contribution in [3.8, 4) is 5.75 Å². The molecular formula is C26H37BrN2O6S. The van der Waals surface area contributed by atoms with E-state index in [1.165, 1.54) is 23.5 Å². The van der Waals surface area contributed by atoms with Gasteiger partial charge in [0.05, 0.1) is 24.2 Å². The van der Waals surface area contributed by atoms with Gasteiger partial charge in [-0.1, -0.05) is 41.9 Å². The van der Waals surface area contributed by atoms with E-state index in [0.717, 1.165) is 10.0 Å². The molecule has 0 bridgehead atoms. The maximum absolute atomic E-state index is 13.5. The fraction of sp³-hybridized carbons (Fsp3) is 0.500. The first kappa shape index (κ1) is 30.1. The number of methoxy groups -OCH3 is 1. The number of benzene rings is 2. The topological polar surface area (TPSA) is 105 Å². The number of hydrogen-bond acceptors (Lipinski definition) is 6. The van der Waals surface area contributed by atoms with Gasteiger partial charge in [0.2, 0.25) is 10.0 Å². The van der Waals surface area contributed by atoms with Crippen LogP contribution in [0.1, 0.15) is 40.2 Å². The number of hydrogen-bond donors (Lipinski definition) is 2. The smallest absolute Gasteiger partial charge is 0.407 e. The Kier molecular flexibility index (Phi) is 10.8.